The molecule has 1 N–H and O–H groups in total. The average Bonchev–Trinajstić information content (AvgIpc) is 2.29. The van der Waals surface area contributed by atoms with Crippen LogP contribution in [-0.2, 0) is 4.74 Å². The van der Waals surface area contributed by atoms with Gasteiger partial charge >= 0.3 is 6.18 Å². The number of likely N-dealkylation sites (tertiary alicyclic amines) is 1. The third-order valence-electron chi connectivity index (χ3n) is 3.45. The molecule has 6 heteroatoms. The first-order valence-electron chi connectivity index (χ1n) is 6.16. The molecule has 17 heavy (non-hydrogen) atoms. The maximum absolute atomic E-state index is 12.6. The molecule has 2 heterocycles. The Morgan fingerprint density at radius 1 is 1.35 bits per heavy atom. The van der Waals surface area contributed by atoms with Gasteiger partial charge in [-0.3, -0.25) is 0 Å². The van der Waals surface area contributed by atoms with Gasteiger partial charge in [0.05, 0.1) is 19.1 Å². The molecule has 0 bridgehead atoms. The van der Waals surface area contributed by atoms with Gasteiger partial charge in [0.1, 0.15) is 0 Å². The quantitative estimate of drug-likeness (QED) is 0.800. The number of nitrogens with one attached hydrogen (secondary N) is 1. The average molecular weight is 252 g/mol. The SMILES string of the molecule is FC(F)(F)C1CCCN(CC2COCCN2)C1. The second kappa shape index (κ2) is 5.54. The lowest BCUT2D eigenvalue weighted by Crippen LogP contribution is -2.51. The minimum atomic E-state index is -4.05. The summed E-state index contributed by atoms with van der Waals surface area (Å²) < 4.78 is 43.2. The van der Waals surface area contributed by atoms with E-state index in [1.165, 1.54) is 0 Å². The Morgan fingerprint density at radius 3 is 2.82 bits per heavy atom. The molecule has 0 aromatic heterocycles. The van der Waals surface area contributed by atoms with E-state index < -0.39 is 12.1 Å². The van der Waals surface area contributed by atoms with Crippen molar-refractivity contribution in [1.29, 1.82) is 0 Å². The van der Waals surface area contributed by atoms with Gasteiger partial charge in [-0.15, -0.1) is 0 Å². The summed E-state index contributed by atoms with van der Waals surface area (Å²) in [6.07, 6.45) is -3.14. The second-order valence-electron chi connectivity index (χ2n) is 4.87. The van der Waals surface area contributed by atoms with Gasteiger partial charge < -0.3 is 15.0 Å². The van der Waals surface area contributed by atoms with E-state index in [2.05, 4.69) is 5.32 Å². The Morgan fingerprint density at radius 2 is 2.18 bits per heavy atom. The first-order chi connectivity index (χ1) is 8.05. The van der Waals surface area contributed by atoms with Gasteiger partial charge in [-0.25, -0.2) is 0 Å². The molecule has 2 rings (SSSR count). The van der Waals surface area contributed by atoms with Gasteiger partial charge in [-0.2, -0.15) is 13.2 Å². The zero-order valence-electron chi connectivity index (χ0n) is 9.80. The number of halogens is 3. The van der Waals surface area contributed by atoms with Crippen LogP contribution >= 0.6 is 0 Å². The molecule has 2 aliphatic rings. The van der Waals surface area contributed by atoms with Gasteiger partial charge in [0.2, 0.25) is 0 Å². The third-order valence-corrected chi connectivity index (χ3v) is 3.45. The van der Waals surface area contributed by atoms with Crippen molar-refractivity contribution in [2.75, 3.05) is 39.4 Å². The monoisotopic (exact) mass is 252 g/mol. The van der Waals surface area contributed by atoms with Gasteiger partial charge in [-0.1, -0.05) is 0 Å². The van der Waals surface area contributed by atoms with E-state index in [4.69, 9.17) is 4.74 Å². The summed E-state index contributed by atoms with van der Waals surface area (Å²) >= 11 is 0. The molecule has 0 amide bonds. The van der Waals surface area contributed by atoms with E-state index in [-0.39, 0.29) is 19.0 Å². The molecule has 2 unspecified atom stereocenters. The van der Waals surface area contributed by atoms with Crippen molar-refractivity contribution < 1.29 is 17.9 Å². The summed E-state index contributed by atoms with van der Waals surface area (Å²) in [6.45, 7) is 3.66. The van der Waals surface area contributed by atoms with Crippen molar-refractivity contribution in [3.8, 4) is 0 Å². The number of hydrogen-bond acceptors (Lipinski definition) is 3. The fourth-order valence-electron chi connectivity index (χ4n) is 2.54. The molecule has 0 aromatic rings. The van der Waals surface area contributed by atoms with E-state index in [0.717, 1.165) is 13.1 Å². The van der Waals surface area contributed by atoms with Crippen LogP contribution in [0.3, 0.4) is 0 Å². The van der Waals surface area contributed by atoms with Gasteiger partial charge in [0, 0.05) is 25.7 Å². The van der Waals surface area contributed by atoms with E-state index in [0.29, 0.717) is 26.2 Å². The summed E-state index contributed by atoms with van der Waals surface area (Å²) in [5.74, 6) is -1.15. The van der Waals surface area contributed by atoms with E-state index in [1.54, 1.807) is 0 Å². The van der Waals surface area contributed by atoms with Crippen molar-refractivity contribution in [3.63, 3.8) is 0 Å². The minimum absolute atomic E-state index is 0.141. The molecule has 2 aliphatic heterocycles. The van der Waals surface area contributed by atoms with Crippen LogP contribution in [0.5, 0.6) is 0 Å². The minimum Gasteiger partial charge on any atom is -0.378 e. The number of hydrogen-bond donors (Lipinski definition) is 1. The third kappa shape index (κ3) is 3.82. The smallest absolute Gasteiger partial charge is 0.378 e. The zero-order chi connectivity index (χ0) is 12.3. The second-order valence-corrected chi connectivity index (χ2v) is 4.87. The summed E-state index contributed by atoms with van der Waals surface area (Å²) in [7, 11) is 0. The summed E-state index contributed by atoms with van der Waals surface area (Å²) in [5, 5.41) is 3.27. The molecular weight excluding hydrogens is 233 g/mol. The Hall–Kier alpha value is -0.330. The van der Waals surface area contributed by atoms with Crippen LogP contribution in [0.1, 0.15) is 12.8 Å². The lowest BCUT2D eigenvalue weighted by molar-refractivity contribution is -0.187. The van der Waals surface area contributed by atoms with Crippen LogP contribution in [0, 0.1) is 5.92 Å². The van der Waals surface area contributed by atoms with Crippen molar-refractivity contribution in [2.45, 2.75) is 25.1 Å². The largest absolute Gasteiger partial charge is 0.393 e. The highest BCUT2D eigenvalue weighted by Crippen LogP contribution is 2.33. The van der Waals surface area contributed by atoms with E-state index >= 15 is 0 Å². The standard InChI is InChI=1S/C11H19F3N2O/c12-11(13,14)9-2-1-4-16(6-9)7-10-8-17-5-3-15-10/h9-10,15H,1-8H2. The molecule has 2 atom stereocenters. The lowest BCUT2D eigenvalue weighted by Gasteiger charge is -2.36. The molecule has 2 fully saturated rings. The van der Waals surface area contributed by atoms with Crippen molar-refractivity contribution in [1.82, 2.24) is 10.2 Å². The predicted molar refractivity (Wildman–Crippen MR) is 57.8 cm³/mol. The van der Waals surface area contributed by atoms with Gasteiger partial charge in [0.15, 0.2) is 0 Å². The highest BCUT2D eigenvalue weighted by molar-refractivity contribution is 4.82. The molecule has 0 radical (unpaired) electrons. The first-order valence-corrected chi connectivity index (χ1v) is 6.16. The van der Waals surface area contributed by atoms with E-state index in [1.807, 2.05) is 4.90 Å². The Labute approximate surface area is 99.3 Å². The van der Waals surface area contributed by atoms with Crippen LogP contribution in [0.2, 0.25) is 0 Å². The number of rotatable bonds is 2. The number of piperidine rings is 1. The van der Waals surface area contributed by atoms with Crippen LogP contribution in [-0.4, -0.2) is 56.5 Å². The Balaban J connectivity index is 1.80. The number of alkyl halides is 3. The van der Waals surface area contributed by atoms with E-state index in [9.17, 15) is 13.2 Å². The van der Waals surface area contributed by atoms with Crippen LogP contribution in [0.25, 0.3) is 0 Å². The maximum Gasteiger partial charge on any atom is 0.393 e. The van der Waals surface area contributed by atoms with Crippen molar-refractivity contribution >= 4 is 0 Å². The molecule has 0 aromatic carbocycles. The number of nitrogens with zero attached hydrogens (tertiary/aromatic N) is 1. The zero-order valence-corrected chi connectivity index (χ0v) is 9.80. The highest BCUT2D eigenvalue weighted by atomic mass is 19.4. The highest BCUT2D eigenvalue weighted by Gasteiger charge is 2.41. The Bertz CT molecular complexity index is 241. The van der Waals surface area contributed by atoms with Crippen LogP contribution in [0.15, 0.2) is 0 Å². The predicted octanol–water partition coefficient (Wildman–Crippen LogP) is 1.25. The normalized spacial score (nSPS) is 32.6. The molecule has 0 aliphatic carbocycles. The number of ether oxygens (including phenoxy) is 1. The van der Waals surface area contributed by atoms with Crippen LogP contribution in [0.4, 0.5) is 13.2 Å². The maximum atomic E-state index is 12.6. The van der Waals surface area contributed by atoms with Gasteiger partial charge in [-0.05, 0) is 19.4 Å². The topological polar surface area (TPSA) is 24.5 Å². The molecular formula is C11H19F3N2O. The molecule has 0 spiro atoms. The van der Waals surface area contributed by atoms with Crippen LogP contribution < -0.4 is 5.32 Å². The fraction of sp³-hybridized carbons (Fsp3) is 1.00. The summed E-state index contributed by atoms with van der Waals surface area (Å²) in [5.41, 5.74) is 0. The Kier molecular flexibility index (Phi) is 4.27. The molecule has 0 saturated carbocycles. The van der Waals surface area contributed by atoms with Crippen molar-refractivity contribution in [2.24, 2.45) is 5.92 Å². The molecule has 100 valence electrons. The molecule has 3 nitrogen and oxygen atoms in total. The first kappa shape index (κ1) is 13.1. The molecule has 2 saturated heterocycles. The number of morpholine rings is 1. The summed E-state index contributed by atoms with van der Waals surface area (Å²) in [4.78, 5) is 1.91. The lowest BCUT2D eigenvalue weighted by atomic mass is 9.97. The summed E-state index contributed by atoms with van der Waals surface area (Å²) in [6, 6.07) is 0.177. The van der Waals surface area contributed by atoms with Crippen molar-refractivity contribution in [3.05, 3.63) is 0 Å². The van der Waals surface area contributed by atoms with Gasteiger partial charge in [0.25, 0.3) is 0 Å². The fourth-order valence-corrected chi connectivity index (χ4v) is 2.54.